The first-order chi connectivity index (χ1) is 27.0. The Hall–Kier alpha value is -4.70. The van der Waals surface area contributed by atoms with Gasteiger partial charge in [0.1, 0.15) is 19.0 Å². The summed E-state index contributed by atoms with van der Waals surface area (Å²) in [7, 11) is -1.83. The molecule has 2 saturated heterocycles. The maximum atomic E-state index is 13.4. The normalized spacial score (nSPS) is 19.2. The highest BCUT2D eigenvalue weighted by Crippen LogP contribution is 2.37. The van der Waals surface area contributed by atoms with Crippen molar-refractivity contribution in [3.63, 3.8) is 0 Å². The van der Waals surface area contributed by atoms with Crippen LogP contribution in [-0.4, -0.2) is 98.7 Å². The standard InChI is InChI=1S/C44H57N7O4Si/c1-44(2,3)56(4,5)55-28-27-48-23-12-17-36(48)32-53-42-46-39-30-49(40-19-11-16-34-15-9-10-18-37(34)40)24-21-38(39)41(47-42)50-25-26-51(35(29-50)20-22-45)43(52)54-31-33-13-7-6-8-14-33/h6-11,13-16,18-19,35-36H,12,17,20-21,23-32H2,1-5H3/t35?,36-/m1/s1. The molecule has 296 valence electrons. The van der Waals surface area contributed by atoms with Gasteiger partial charge in [-0.05, 0) is 61.0 Å². The predicted molar refractivity (Wildman–Crippen MR) is 224 cm³/mol. The van der Waals surface area contributed by atoms with E-state index in [9.17, 15) is 10.1 Å². The van der Waals surface area contributed by atoms with Gasteiger partial charge in [0.25, 0.3) is 0 Å². The summed E-state index contributed by atoms with van der Waals surface area (Å²) < 4.78 is 18.8. The lowest BCUT2D eigenvalue weighted by molar-refractivity contribution is 0.0767. The number of nitriles is 1. The Morgan fingerprint density at radius 1 is 0.929 bits per heavy atom. The third kappa shape index (κ3) is 8.96. The number of amides is 1. The average Bonchev–Trinajstić information content (AvgIpc) is 3.65. The molecule has 0 aliphatic carbocycles. The van der Waals surface area contributed by atoms with Crippen LogP contribution in [0.2, 0.25) is 18.1 Å². The van der Waals surface area contributed by atoms with E-state index in [1.165, 1.54) is 16.5 Å². The zero-order valence-corrected chi connectivity index (χ0v) is 34.7. The molecule has 56 heavy (non-hydrogen) atoms. The van der Waals surface area contributed by atoms with Gasteiger partial charge in [0.05, 0.1) is 30.8 Å². The fourth-order valence-electron chi connectivity index (χ4n) is 7.96. The van der Waals surface area contributed by atoms with Crippen molar-refractivity contribution in [3.05, 3.63) is 89.6 Å². The number of fused-ring (bicyclic) bond motifs is 2. The van der Waals surface area contributed by atoms with E-state index in [2.05, 4.69) is 97.1 Å². The summed E-state index contributed by atoms with van der Waals surface area (Å²) in [5, 5.41) is 12.5. The second-order valence-electron chi connectivity index (χ2n) is 16.9. The molecule has 1 unspecified atom stereocenters. The van der Waals surface area contributed by atoms with Crippen molar-refractivity contribution >= 4 is 36.7 Å². The van der Waals surface area contributed by atoms with Gasteiger partial charge in [0.2, 0.25) is 0 Å². The van der Waals surface area contributed by atoms with Crippen molar-refractivity contribution < 1.29 is 18.7 Å². The lowest BCUT2D eigenvalue weighted by atomic mass is 10.0. The number of likely N-dealkylation sites (tertiary alicyclic amines) is 1. The Morgan fingerprint density at radius 3 is 2.52 bits per heavy atom. The zero-order chi connectivity index (χ0) is 39.3. The summed E-state index contributed by atoms with van der Waals surface area (Å²) in [6.45, 7) is 17.7. The van der Waals surface area contributed by atoms with E-state index in [0.29, 0.717) is 38.8 Å². The molecule has 3 aliphatic heterocycles. The Balaban J connectivity index is 1.11. The molecule has 12 heteroatoms. The number of benzene rings is 3. The quantitative estimate of drug-likeness (QED) is 0.132. The summed E-state index contributed by atoms with van der Waals surface area (Å²) in [6.07, 6.45) is 2.75. The van der Waals surface area contributed by atoms with E-state index in [1.54, 1.807) is 4.90 Å². The number of ether oxygens (including phenoxy) is 2. The van der Waals surface area contributed by atoms with Crippen LogP contribution in [0.15, 0.2) is 72.8 Å². The molecule has 2 atom stereocenters. The van der Waals surface area contributed by atoms with Crippen molar-refractivity contribution in [2.24, 2.45) is 0 Å². The molecule has 0 N–H and O–H groups in total. The lowest BCUT2D eigenvalue weighted by Crippen LogP contribution is -2.55. The topological polar surface area (TPSA) is 107 Å². The molecule has 4 heterocycles. The van der Waals surface area contributed by atoms with Crippen LogP contribution in [0.5, 0.6) is 6.01 Å². The van der Waals surface area contributed by atoms with Gasteiger partial charge < -0.3 is 28.6 Å². The third-order valence-electron chi connectivity index (χ3n) is 12.2. The second kappa shape index (κ2) is 17.2. The smallest absolute Gasteiger partial charge is 0.410 e. The summed E-state index contributed by atoms with van der Waals surface area (Å²) in [4.78, 5) is 32.4. The second-order valence-corrected chi connectivity index (χ2v) is 21.7. The van der Waals surface area contributed by atoms with E-state index >= 15 is 0 Å². The summed E-state index contributed by atoms with van der Waals surface area (Å²) >= 11 is 0. The fourth-order valence-corrected chi connectivity index (χ4v) is 8.99. The van der Waals surface area contributed by atoms with Gasteiger partial charge in [0, 0.05) is 62.0 Å². The largest absolute Gasteiger partial charge is 0.462 e. The van der Waals surface area contributed by atoms with E-state index in [0.717, 1.165) is 68.1 Å². The Morgan fingerprint density at radius 2 is 1.71 bits per heavy atom. The molecule has 3 aliphatic rings. The molecule has 0 saturated carbocycles. The van der Waals surface area contributed by atoms with E-state index in [4.69, 9.17) is 23.9 Å². The first-order valence-electron chi connectivity index (χ1n) is 20.2. The van der Waals surface area contributed by atoms with Crippen LogP contribution in [0.25, 0.3) is 10.8 Å². The van der Waals surface area contributed by atoms with Crippen molar-refractivity contribution in [2.75, 3.05) is 62.3 Å². The number of carbonyl (C=O) groups excluding carboxylic acids is 1. The number of aromatic nitrogens is 2. The van der Waals surface area contributed by atoms with Crippen molar-refractivity contribution in [1.29, 1.82) is 5.26 Å². The Bertz CT molecular complexity index is 2010. The van der Waals surface area contributed by atoms with Gasteiger partial charge in [-0.2, -0.15) is 15.2 Å². The van der Waals surface area contributed by atoms with Crippen LogP contribution >= 0.6 is 0 Å². The summed E-state index contributed by atoms with van der Waals surface area (Å²) in [5.74, 6) is 0.842. The molecule has 0 bridgehead atoms. The van der Waals surface area contributed by atoms with Crippen molar-refractivity contribution in [2.45, 2.75) is 89.8 Å². The first kappa shape index (κ1) is 39.5. The SMILES string of the molecule is CC(C)(C)[Si](C)(C)OCCN1CCC[C@@H]1COc1nc2c(c(N3CCN(C(=O)OCc4ccccc4)C(CC#N)C3)n1)CCN(c1cccc3ccccc13)C2. The number of anilines is 2. The number of carbonyl (C=O) groups is 1. The van der Waals surface area contributed by atoms with Crippen LogP contribution in [0.3, 0.4) is 0 Å². The molecule has 0 radical (unpaired) electrons. The molecular weight excluding hydrogens is 719 g/mol. The molecule has 3 aromatic carbocycles. The van der Waals surface area contributed by atoms with Gasteiger partial charge in [-0.15, -0.1) is 0 Å². The lowest BCUT2D eigenvalue weighted by Gasteiger charge is -2.42. The van der Waals surface area contributed by atoms with Crippen molar-refractivity contribution in [3.8, 4) is 12.1 Å². The van der Waals surface area contributed by atoms with Gasteiger partial charge in [-0.3, -0.25) is 4.90 Å². The maximum absolute atomic E-state index is 13.4. The van der Waals surface area contributed by atoms with Crippen LogP contribution in [0.1, 0.15) is 56.9 Å². The van der Waals surface area contributed by atoms with Crippen LogP contribution in [0.4, 0.5) is 16.3 Å². The number of rotatable bonds is 12. The fraction of sp³-hybridized carbons (Fsp3) is 0.500. The minimum atomic E-state index is -1.83. The van der Waals surface area contributed by atoms with Gasteiger partial charge in [0.15, 0.2) is 8.32 Å². The zero-order valence-electron chi connectivity index (χ0n) is 33.7. The summed E-state index contributed by atoms with van der Waals surface area (Å²) in [6, 6.07) is 27.3. The van der Waals surface area contributed by atoms with E-state index in [1.807, 2.05) is 30.3 Å². The number of hydrogen-bond donors (Lipinski definition) is 0. The van der Waals surface area contributed by atoms with Crippen LogP contribution in [0, 0.1) is 11.3 Å². The number of piperazine rings is 1. The number of hydrogen-bond acceptors (Lipinski definition) is 10. The first-order valence-corrected chi connectivity index (χ1v) is 23.1. The molecule has 1 aromatic heterocycles. The predicted octanol–water partition coefficient (Wildman–Crippen LogP) is 7.80. The van der Waals surface area contributed by atoms with Crippen LogP contribution in [-0.2, 0) is 28.7 Å². The number of nitrogens with zero attached hydrogens (tertiary/aromatic N) is 7. The highest BCUT2D eigenvalue weighted by molar-refractivity contribution is 6.74. The molecule has 7 rings (SSSR count). The molecular formula is C44H57N7O4Si. The monoisotopic (exact) mass is 775 g/mol. The van der Waals surface area contributed by atoms with Gasteiger partial charge >= 0.3 is 12.1 Å². The van der Waals surface area contributed by atoms with Crippen molar-refractivity contribution in [1.82, 2.24) is 19.8 Å². The third-order valence-corrected chi connectivity index (χ3v) is 16.8. The maximum Gasteiger partial charge on any atom is 0.410 e. The Labute approximate surface area is 333 Å². The van der Waals surface area contributed by atoms with E-state index in [-0.39, 0.29) is 30.1 Å². The molecule has 4 aromatic rings. The summed E-state index contributed by atoms with van der Waals surface area (Å²) in [5.41, 5.74) is 4.18. The molecule has 0 spiro atoms. The van der Waals surface area contributed by atoms with Gasteiger partial charge in [-0.1, -0.05) is 87.5 Å². The molecule has 2 fully saturated rings. The molecule has 11 nitrogen and oxygen atoms in total. The molecule has 1 amide bonds. The highest BCUT2D eigenvalue weighted by Gasteiger charge is 2.38. The van der Waals surface area contributed by atoms with E-state index < -0.39 is 14.4 Å². The minimum Gasteiger partial charge on any atom is -0.462 e. The highest BCUT2D eigenvalue weighted by atomic mass is 28.4. The minimum absolute atomic E-state index is 0.179. The Kier molecular flexibility index (Phi) is 12.1. The average molecular weight is 776 g/mol. The van der Waals surface area contributed by atoms with Gasteiger partial charge in [-0.25, -0.2) is 4.79 Å². The van der Waals surface area contributed by atoms with Crippen LogP contribution < -0.4 is 14.5 Å².